The predicted octanol–water partition coefficient (Wildman–Crippen LogP) is 2.27. The zero-order valence-corrected chi connectivity index (χ0v) is 16.1. The molecule has 0 unspecified atom stereocenters. The molecular formula is C18H23N7O3. The Kier molecular flexibility index (Phi) is 4.50. The summed E-state index contributed by atoms with van der Waals surface area (Å²) < 4.78 is 7.18. The van der Waals surface area contributed by atoms with E-state index in [1.807, 2.05) is 24.6 Å². The minimum absolute atomic E-state index is 0.0587. The average molecular weight is 385 g/mol. The van der Waals surface area contributed by atoms with Crippen LogP contribution in [0.1, 0.15) is 43.1 Å². The van der Waals surface area contributed by atoms with Gasteiger partial charge in [0.1, 0.15) is 5.82 Å². The van der Waals surface area contributed by atoms with E-state index >= 15 is 0 Å². The molecule has 1 saturated carbocycles. The van der Waals surface area contributed by atoms with Crippen LogP contribution in [-0.4, -0.2) is 53.5 Å². The Bertz CT molecular complexity index is 1020. The SMILES string of the molecule is COC1(C(=O)O)CCC(c2nc(Nc3cc(C)[nH]n3)c3ncn(C)c3n2)CC1. The van der Waals surface area contributed by atoms with Crippen LogP contribution < -0.4 is 5.32 Å². The van der Waals surface area contributed by atoms with Crippen LogP contribution in [0, 0.1) is 6.92 Å². The van der Waals surface area contributed by atoms with Gasteiger partial charge in [0.2, 0.25) is 0 Å². The molecule has 0 bridgehead atoms. The molecule has 4 rings (SSSR count). The van der Waals surface area contributed by atoms with E-state index in [1.165, 1.54) is 7.11 Å². The van der Waals surface area contributed by atoms with E-state index in [-0.39, 0.29) is 5.92 Å². The first-order chi connectivity index (χ1) is 13.4. The number of fused-ring (bicyclic) bond motifs is 1. The van der Waals surface area contributed by atoms with Crippen molar-refractivity contribution in [2.45, 2.75) is 44.1 Å². The normalized spacial score (nSPS) is 22.5. The molecule has 0 amide bonds. The quantitative estimate of drug-likeness (QED) is 0.609. The summed E-state index contributed by atoms with van der Waals surface area (Å²) in [4.78, 5) is 25.5. The first-order valence-electron chi connectivity index (χ1n) is 9.18. The average Bonchev–Trinajstić information content (AvgIpc) is 3.27. The molecule has 148 valence electrons. The summed E-state index contributed by atoms with van der Waals surface area (Å²) in [6.07, 6.45) is 3.84. The summed E-state index contributed by atoms with van der Waals surface area (Å²) in [6, 6.07) is 1.89. The van der Waals surface area contributed by atoms with Crippen molar-refractivity contribution in [3.05, 3.63) is 23.9 Å². The van der Waals surface area contributed by atoms with Crippen molar-refractivity contribution < 1.29 is 14.6 Å². The van der Waals surface area contributed by atoms with Gasteiger partial charge in [-0.05, 0) is 32.6 Å². The standard InChI is InChI=1S/C18H23N7O3/c1-10-8-12(24-23-10)20-15-13-16(25(2)9-19-13)22-14(21-15)11-4-6-18(28-3,7-5-11)17(26)27/h8-9,11H,4-7H2,1-3H3,(H,26,27)(H2,20,21,22,23,24). The van der Waals surface area contributed by atoms with E-state index in [9.17, 15) is 9.90 Å². The molecule has 1 aliphatic carbocycles. The molecule has 0 radical (unpaired) electrons. The number of aliphatic carboxylic acids is 1. The van der Waals surface area contributed by atoms with Gasteiger partial charge in [0.15, 0.2) is 28.4 Å². The van der Waals surface area contributed by atoms with Gasteiger partial charge in [-0.25, -0.2) is 19.7 Å². The Labute approximate surface area is 161 Å². The number of rotatable bonds is 5. The molecule has 0 aromatic carbocycles. The van der Waals surface area contributed by atoms with Crippen molar-refractivity contribution in [1.29, 1.82) is 0 Å². The van der Waals surface area contributed by atoms with Gasteiger partial charge in [-0.15, -0.1) is 0 Å². The zero-order valence-electron chi connectivity index (χ0n) is 16.1. The Hall–Kier alpha value is -3.01. The third kappa shape index (κ3) is 3.09. The number of hydrogen-bond donors (Lipinski definition) is 3. The second kappa shape index (κ2) is 6.86. The van der Waals surface area contributed by atoms with E-state index in [0.717, 1.165) is 11.3 Å². The van der Waals surface area contributed by atoms with Gasteiger partial charge >= 0.3 is 5.97 Å². The van der Waals surface area contributed by atoms with Gasteiger partial charge in [-0.3, -0.25) is 5.10 Å². The van der Waals surface area contributed by atoms with Crippen LogP contribution in [0.4, 0.5) is 11.6 Å². The van der Waals surface area contributed by atoms with Crippen LogP contribution in [-0.2, 0) is 16.6 Å². The van der Waals surface area contributed by atoms with E-state index < -0.39 is 11.6 Å². The van der Waals surface area contributed by atoms with Crippen molar-refractivity contribution in [3.63, 3.8) is 0 Å². The van der Waals surface area contributed by atoms with Crippen LogP contribution in [0.15, 0.2) is 12.4 Å². The lowest BCUT2D eigenvalue weighted by Gasteiger charge is -2.35. The Balaban J connectivity index is 1.66. The second-order valence-corrected chi connectivity index (χ2v) is 7.30. The maximum Gasteiger partial charge on any atom is 0.335 e. The van der Waals surface area contributed by atoms with Gasteiger partial charge in [0.05, 0.1) is 6.33 Å². The maximum atomic E-state index is 11.6. The van der Waals surface area contributed by atoms with Crippen molar-refractivity contribution in [1.82, 2.24) is 29.7 Å². The Morgan fingerprint density at radius 2 is 2.14 bits per heavy atom. The first-order valence-corrected chi connectivity index (χ1v) is 9.18. The fourth-order valence-corrected chi connectivity index (χ4v) is 3.74. The number of nitrogens with one attached hydrogen (secondary N) is 2. The molecular weight excluding hydrogens is 362 g/mol. The van der Waals surface area contributed by atoms with Crippen LogP contribution >= 0.6 is 0 Å². The van der Waals surface area contributed by atoms with Crippen molar-refractivity contribution in [2.75, 3.05) is 12.4 Å². The van der Waals surface area contributed by atoms with Crippen molar-refractivity contribution in [3.8, 4) is 0 Å². The molecule has 0 spiro atoms. The monoisotopic (exact) mass is 385 g/mol. The van der Waals surface area contributed by atoms with Crippen LogP contribution in [0.3, 0.4) is 0 Å². The van der Waals surface area contributed by atoms with Crippen LogP contribution in [0.2, 0.25) is 0 Å². The lowest BCUT2D eigenvalue weighted by atomic mass is 9.78. The number of methoxy groups -OCH3 is 1. The number of aryl methyl sites for hydroxylation is 2. The number of hydrogen-bond acceptors (Lipinski definition) is 7. The van der Waals surface area contributed by atoms with Crippen molar-refractivity contribution >= 4 is 28.8 Å². The van der Waals surface area contributed by atoms with Gasteiger partial charge in [-0.1, -0.05) is 0 Å². The first kappa shape index (κ1) is 18.4. The molecule has 0 atom stereocenters. The number of aromatic nitrogens is 6. The maximum absolute atomic E-state index is 11.6. The fraction of sp³-hybridized carbons (Fsp3) is 0.500. The highest BCUT2D eigenvalue weighted by Gasteiger charge is 2.43. The summed E-state index contributed by atoms with van der Waals surface area (Å²) in [5.74, 6) is 1.08. The minimum Gasteiger partial charge on any atom is -0.479 e. The highest BCUT2D eigenvalue weighted by atomic mass is 16.5. The number of ether oxygens (including phenoxy) is 1. The molecule has 3 N–H and O–H groups in total. The number of carboxylic acid groups (broad SMARTS) is 1. The Morgan fingerprint density at radius 3 is 2.75 bits per heavy atom. The van der Waals surface area contributed by atoms with E-state index in [2.05, 4.69) is 20.5 Å². The highest BCUT2D eigenvalue weighted by Crippen LogP contribution is 2.39. The Morgan fingerprint density at radius 1 is 1.39 bits per heavy atom. The lowest BCUT2D eigenvalue weighted by molar-refractivity contribution is -0.166. The number of imidazole rings is 1. The topological polar surface area (TPSA) is 131 Å². The van der Waals surface area contributed by atoms with Gasteiger partial charge in [-0.2, -0.15) is 5.10 Å². The summed E-state index contributed by atoms with van der Waals surface area (Å²) in [6.45, 7) is 1.92. The molecule has 0 aliphatic heterocycles. The largest absolute Gasteiger partial charge is 0.479 e. The van der Waals surface area contributed by atoms with Gasteiger partial charge in [0.25, 0.3) is 0 Å². The van der Waals surface area contributed by atoms with Crippen molar-refractivity contribution in [2.24, 2.45) is 7.05 Å². The van der Waals surface area contributed by atoms with Gasteiger partial charge in [0, 0.05) is 31.8 Å². The molecule has 3 heterocycles. The molecule has 28 heavy (non-hydrogen) atoms. The number of carbonyl (C=O) groups is 1. The zero-order chi connectivity index (χ0) is 19.9. The summed E-state index contributed by atoms with van der Waals surface area (Å²) >= 11 is 0. The third-order valence-electron chi connectivity index (χ3n) is 5.47. The third-order valence-corrected chi connectivity index (χ3v) is 5.47. The number of aromatic amines is 1. The highest BCUT2D eigenvalue weighted by molar-refractivity contribution is 5.85. The van der Waals surface area contributed by atoms with E-state index in [1.54, 1.807) is 6.33 Å². The molecule has 1 aliphatic rings. The molecule has 10 nitrogen and oxygen atoms in total. The smallest absolute Gasteiger partial charge is 0.335 e. The molecule has 0 saturated heterocycles. The number of nitrogens with zero attached hydrogens (tertiary/aromatic N) is 5. The fourth-order valence-electron chi connectivity index (χ4n) is 3.74. The predicted molar refractivity (Wildman–Crippen MR) is 101 cm³/mol. The summed E-state index contributed by atoms with van der Waals surface area (Å²) in [7, 11) is 3.34. The molecule has 3 aromatic heterocycles. The second-order valence-electron chi connectivity index (χ2n) is 7.30. The number of H-pyrrole nitrogens is 1. The van der Waals surface area contributed by atoms with Gasteiger partial charge < -0.3 is 19.7 Å². The molecule has 1 fully saturated rings. The lowest BCUT2D eigenvalue weighted by Crippen LogP contribution is -2.43. The minimum atomic E-state index is -1.11. The number of anilines is 2. The molecule has 3 aromatic rings. The van der Waals surface area contributed by atoms with E-state index in [0.29, 0.717) is 48.7 Å². The van der Waals surface area contributed by atoms with Crippen LogP contribution in [0.5, 0.6) is 0 Å². The summed E-state index contributed by atoms with van der Waals surface area (Å²) in [5, 5.41) is 19.8. The summed E-state index contributed by atoms with van der Waals surface area (Å²) in [5.41, 5.74) is 1.22. The van der Waals surface area contributed by atoms with E-state index in [4.69, 9.17) is 14.7 Å². The van der Waals surface area contributed by atoms with Crippen LogP contribution in [0.25, 0.3) is 11.2 Å². The molecule has 10 heteroatoms. The number of carboxylic acids is 1.